The number of carbonyl (C=O) groups is 1. The van der Waals surface area contributed by atoms with Gasteiger partial charge in [-0.3, -0.25) is 9.69 Å². The Bertz CT molecular complexity index is 952. The average molecular weight is 410 g/mol. The molecule has 3 fully saturated rings. The van der Waals surface area contributed by atoms with Gasteiger partial charge in [-0.25, -0.2) is 0 Å². The van der Waals surface area contributed by atoms with Crippen LogP contribution in [-0.2, 0) is 16.0 Å². The molecule has 1 aromatic carbocycles. The number of benzene rings is 1. The quantitative estimate of drug-likeness (QED) is 0.679. The molecule has 2 aromatic rings. The van der Waals surface area contributed by atoms with Crippen LogP contribution in [-0.4, -0.2) is 59.3 Å². The molecule has 30 heavy (non-hydrogen) atoms. The Balaban J connectivity index is 1.27. The Morgan fingerprint density at radius 1 is 1.23 bits per heavy atom. The summed E-state index contributed by atoms with van der Waals surface area (Å²) in [4.78, 5) is 19.3. The standard InChI is InChI=1S/C24H31N3O3/c28-21-6-5-14-12-27-10-8-17-16-3-1-2-4-19(16)26-23(17)20(27)11-18(14)22(21)24(29)30-13-15-7-9-25-15/h1-4,14-15,18,20-22,25-26,28H,5-13H2/t14-,15-,18-,20-,21-,22+/m0/s1. The molecule has 6 heteroatoms. The van der Waals surface area contributed by atoms with Crippen LogP contribution in [0.4, 0.5) is 0 Å². The number of fused-ring (bicyclic) bond motifs is 6. The van der Waals surface area contributed by atoms with Crippen LogP contribution in [0, 0.1) is 17.8 Å². The largest absolute Gasteiger partial charge is 0.464 e. The maximum absolute atomic E-state index is 13.0. The van der Waals surface area contributed by atoms with Crippen LogP contribution in [0.15, 0.2) is 24.3 Å². The van der Waals surface area contributed by atoms with E-state index in [0.29, 0.717) is 31.0 Å². The molecule has 160 valence electrons. The first kappa shape index (κ1) is 18.8. The Kier molecular flexibility index (Phi) is 4.62. The van der Waals surface area contributed by atoms with Gasteiger partial charge in [0.05, 0.1) is 18.1 Å². The SMILES string of the molecule is O=C(OC[C@@H]1CCN1)[C@@H]1[C@H]2C[C@H]3c4[nH]c5ccccc5c4CCN3C[C@@H]2CC[C@@H]1O. The van der Waals surface area contributed by atoms with E-state index in [9.17, 15) is 9.90 Å². The predicted molar refractivity (Wildman–Crippen MR) is 114 cm³/mol. The van der Waals surface area contributed by atoms with Crippen molar-refractivity contribution in [1.29, 1.82) is 0 Å². The van der Waals surface area contributed by atoms with E-state index in [1.54, 1.807) is 0 Å². The van der Waals surface area contributed by atoms with Gasteiger partial charge in [-0.05, 0) is 62.1 Å². The minimum absolute atomic E-state index is 0.188. The number of hydrogen-bond donors (Lipinski definition) is 3. The molecule has 1 aromatic heterocycles. The number of para-hydroxylation sites is 1. The summed E-state index contributed by atoms with van der Waals surface area (Å²) < 4.78 is 5.68. The maximum Gasteiger partial charge on any atom is 0.311 e. The zero-order chi connectivity index (χ0) is 20.2. The topological polar surface area (TPSA) is 77.6 Å². The monoisotopic (exact) mass is 409 g/mol. The molecule has 0 bridgehead atoms. The summed E-state index contributed by atoms with van der Waals surface area (Å²) in [5, 5.41) is 15.4. The molecule has 6 rings (SSSR count). The van der Waals surface area contributed by atoms with Gasteiger partial charge in [-0.1, -0.05) is 18.2 Å². The van der Waals surface area contributed by atoms with Gasteiger partial charge in [0.25, 0.3) is 0 Å². The summed E-state index contributed by atoms with van der Waals surface area (Å²) in [5.41, 5.74) is 3.97. The normalized spacial score (nSPS) is 35.8. The predicted octanol–water partition coefficient (Wildman–Crippen LogP) is 2.38. The lowest BCUT2D eigenvalue weighted by molar-refractivity contribution is -0.164. The van der Waals surface area contributed by atoms with Crippen molar-refractivity contribution in [3.8, 4) is 0 Å². The van der Waals surface area contributed by atoms with E-state index in [0.717, 1.165) is 45.3 Å². The summed E-state index contributed by atoms with van der Waals surface area (Å²) >= 11 is 0. The second kappa shape index (κ2) is 7.36. The van der Waals surface area contributed by atoms with Gasteiger partial charge < -0.3 is 20.1 Å². The second-order valence-corrected chi connectivity index (χ2v) is 9.72. The molecule has 6 nitrogen and oxygen atoms in total. The number of H-pyrrole nitrogens is 1. The number of hydrogen-bond acceptors (Lipinski definition) is 5. The first-order chi connectivity index (χ1) is 14.7. The van der Waals surface area contributed by atoms with Gasteiger partial charge in [0.2, 0.25) is 0 Å². The third kappa shape index (κ3) is 3.00. The van der Waals surface area contributed by atoms with Gasteiger partial charge in [0, 0.05) is 35.7 Å². The second-order valence-electron chi connectivity index (χ2n) is 9.72. The number of aliphatic hydroxyl groups is 1. The minimum atomic E-state index is -0.578. The lowest BCUT2D eigenvalue weighted by Gasteiger charge is -2.51. The lowest BCUT2D eigenvalue weighted by atomic mass is 9.65. The number of aromatic amines is 1. The summed E-state index contributed by atoms with van der Waals surface area (Å²) in [6, 6.07) is 9.16. The molecular weight excluding hydrogens is 378 g/mol. The van der Waals surface area contributed by atoms with Crippen molar-refractivity contribution < 1.29 is 14.6 Å². The number of aliphatic hydroxyl groups excluding tert-OH is 1. The van der Waals surface area contributed by atoms with Crippen molar-refractivity contribution in [2.24, 2.45) is 17.8 Å². The van der Waals surface area contributed by atoms with Gasteiger partial charge >= 0.3 is 5.97 Å². The van der Waals surface area contributed by atoms with Crippen LogP contribution in [0.2, 0.25) is 0 Å². The van der Waals surface area contributed by atoms with Gasteiger partial charge in [-0.15, -0.1) is 0 Å². The Labute approximate surface area is 177 Å². The highest BCUT2D eigenvalue weighted by atomic mass is 16.5. The summed E-state index contributed by atoms with van der Waals surface area (Å²) in [5.74, 6) is 0.0805. The maximum atomic E-state index is 13.0. The number of rotatable bonds is 3. The number of esters is 1. The highest BCUT2D eigenvalue weighted by Crippen LogP contribution is 2.49. The molecule has 1 aliphatic carbocycles. The van der Waals surface area contributed by atoms with Crippen LogP contribution in [0.1, 0.15) is 43.0 Å². The average Bonchev–Trinajstić information content (AvgIpc) is 3.10. The van der Waals surface area contributed by atoms with Crippen molar-refractivity contribution in [3.05, 3.63) is 35.5 Å². The van der Waals surface area contributed by atoms with Crippen molar-refractivity contribution >= 4 is 16.9 Å². The fraction of sp³-hybridized carbons (Fsp3) is 0.625. The Hall–Kier alpha value is -1.89. The Morgan fingerprint density at radius 2 is 2.10 bits per heavy atom. The van der Waals surface area contributed by atoms with E-state index in [4.69, 9.17) is 4.74 Å². The van der Waals surface area contributed by atoms with Crippen LogP contribution < -0.4 is 5.32 Å². The van der Waals surface area contributed by atoms with E-state index >= 15 is 0 Å². The van der Waals surface area contributed by atoms with Gasteiger partial charge in [0.1, 0.15) is 6.61 Å². The Morgan fingerprint density at radius 3 is 2.93 bits per heavy atom. The van der Waals surface area contributed by atoms with E-state index < -0.39 is 6.10 Å². The molecule has 2 saturated heterocycles. The number of aromatic nitrogens is 1. The molecule has 0 radical (unpaired) electrons. The smallest absolute Gasteiger partial charge is 0.311 e. The molecular formula is C24H31N3O3. The van der Waals surface area contributed by atoms with Crippen LogP contribution in [0.3, 0.4) is 0 Å². The molecule has 3 aliphatic heterocycles. The van der Waals surface area contributed by atoms with Crippen molar-refractivity contribution in [3.63, 3.8) is 0 Å². The first-order valence-corrected chi connectivity index (χ1v) is 11.6. The number of nitrogens with one attached hydrogen (secondary N) is 2. The van der Waals surface area contributed by atoms with Gasteiger partial charge in [-0.2, -0.15) is 0 Å². The first-order valence-electron chi connectivity index (χ1n) is 11.6. The minimum Gasteiger partial charge on any atom is -0.464 e. The number of piperidine rings is 1. The van der Waals surface area contributed by atoms with Crippen molar-refractivity contribution in [2.45, 2.75) is 50.3 Å². The van der Waals surface area contributed by atoms with Gasteiger partial charge in [0.15, 0.2) is 0 Å². The van der Waals surface area contributed by atoms with E-state index in [1.165, 1.54) is 22.2 Å². The lowest BCUT2D eigenvalue weighted by Crippen LogP contribution is -2.54. The zero-order valence-corrected chi connectivity index (χ0v) is 17.3. The summed E-state index contributed by atoms with van der Waals surface area (Å²) in [6.07, 6.45) is 4.19. The third-order valence-electron chi connectivity index (χ3n) is 8.17. The molecule has 6 atom stereocenters. The van der Waals surface area contributed by atoms with E-state index in [-0.39, 0.29) is 17.8 Å². The molecule has 3 N–H and O–H groups in total. The highest BCUT2D eigenvalue weighted by Gasteiger charge is 2.49. The summed E-state index contributed by atoms with van der Waals surface area (Å²) in [7, 11) is 0. The summed E-state index contributed by atoms with van der Waals surface area (Å²) in [6.45, 7) is 3.53. The highest BCUT2D eigenvalue weighted by molar-refractivity contribution is 5.85. The number of nitrogens with zero attached hydrogens (tertiary/aromatic N) is 1. The van der Waals surface area contributed by atoms with E-state index in [1.807, 2.05) is 0 Å². The van der Waals surface area contributed by atoms with Crippen LogP contribution in [0.5, 0.6) is 0 Å². The number of ether oxygens (including phenoxy) is 1. The fourth-order valence-corrected chi connectivity index (χ4v) is 6.44. The van der Waals surface area contributed by atoms with Crippen molar-refractivity contribution in [1.82, 2.24) is 15.2 Å². The molecule has 0 amide bonds. The molecule has 4 heterocycles. The molecule has 0 spiro atoms. The fourth-order valence-electron chi connectivity index (χ4n) is 6.44. The molecule has 0 unspecified atom stereocenters. The van der Waals surface area contributed by atoms with Crippen LogP contribution >= 0.6 is 0 Å². The third-order valence-corrected chi connectivity index (χ3v) is 8.17. The molecule has 4 aliphatic rings. The number of carbonyl (C=O) groups excluding carboxylic acids is 1. The van der Waals surface area contributed by atoms with Crippen molar-refractivity contribution in [2.75, 3.05) is 26.2 Å². The van der Waals surface area contributed by atoms with E-state index in [2.05, 4.69) is 39.5 Å². The zero-order valence-electron chi connectivity index (χ0n) is 17.3. The van der Waals surface area contributed by atoms with Crippen LogP contribution in [0.25, 0.3) is 10.9 Å². The molecule has 1 saturated carbocycles.